The van der Waals surface area contributed by atoms with Gasteiger partial charge in [-0.3, -0.25) is 0 Å². The van der Waals surface area contributed by atoms with Crippen LogP contribution in [0, 0.1) is 13.8 Å². The third-order valence-corrected chi connectivity index (χ3v) is 4.53. The van der Waals surface area contributed by atoms with Gasteiger partial charge in [0.15, 0.2) is 0 Å². The number of anilines is 7. The Bertz CT molecular complexity index is 875. The minimum atomic E-state index is 0.778. The molecule has 0 bridgehead atoms. The van der Waals surface area contributed by atoms with Gasteiger partial charge in [-0.15, -0.1) is 0 Å². The molecule has 1 aliphatic heterocycles. The van der Waals surface area contributed by atoms with E-state index in [1.807, 2.05) is 44.2 Å². The molecule has 3 aromatic rings. The highest BCUT2D eigenvalue weighted by Crippen LogP contribution is 2.49. The van der Waals surface area contributed by atoms with Crippen LogP contribution in [0.2, 0.25) is 0 Å². The van der Waals surface area contributed by atoms with Gasteiger partial charge >= 0.3 is 0 Å². The molecular weight excluding hydrogens is 296 g/mol. The predicted molar refractivity (Wildman–Crippen MR) is 103 cm³/mol. The van der Waals surface area contributed by atoms with Crippen molar-refractivity contribution in [3.8, 4) is 0 Å². The highest BCUT2D eigenvalue weighted by Gasteiger charge is 2.25. The number of nitrogen functional groups attached to an aromatic ring is 2. The minimum Gasteiger partial charge on any atom is -0.398 e. The predicted octanol–water partition coefficient (Wildman–Crippen LogP) is 4.99. The number of rotatable bonds is 1. The van der Waals surface area contributed by atoms with Gasteiger partial charge in [0.05, 0.1) is 22.7 Å². The van der Waals surface area contributed by atoms with Crippen LogP contribution in [0.25, 0.3) is 0 Å². The second kappa shape index (κ2) is 5.20. The molecule has 0 saturated heterocycles. The first-order valence-electron chi connectivity index (χ1n) is 7.97. The van der Waals surface area contributed by atoms with Crippen molar-refractivity contribution in [2.75, 3.05) is 21.7 Å². The summed E-state index contributed by atoms with van der Waals surface area (Å²) in [7, 11) is 0. The van der Waals surface area contributed by atoms with Gasteiger partial charge in [0.2, 0.25) is 0 Å². The molecule has 4 rings (SSSR count). The fourth-order valence-electron chi connectivity index (χ4n) is 3.13. The molecule has 4 nitrogen and oxygen atoms in total. The molecule has 0 radical (unpaired) electrons. The number of para-hydroxylation sites is 1. The summed E-state index contributed by atoms with van der Waals surface area (Å²) < 4.78 is 0. The highest BCUT2D eigenvalue weighted by molar-refractivity contribution is 5.99. The quantitative estimate of drug-likeness (QED) is 0.433. The Morgan fingerprint density at radius 3 is 1.75 bits per heavy atom. The van der Waals surface area contributed by atoms with E-state index in [0.29, 0.717) is 0 Å². The first kappa shape index (κ1) is 14.5. The van der Waals surface area contributed by atoms with E-state index in [1.54, 1.807) is 0 Å². The molecule has 5 N–H and O–H groups in total. The van der Waals surface area contributed by atoms with Gasteiger partial charge in [-0.25, -0.2) is 0 Å². The van der Waals surface area contributed by atoms with E-state index in [4.69, 9.17) is 11.5 Å². The third-order valence-electron chi connectivity index (χ3n) is 4.53. The van der Waals surface area contributed by atoms with E-state index in [9.17, 15) is 0 Å². The van der Waals surface area contributed by atoms with Crippen molar-refractivity contribution < 1.29 is 0 Å². The number of hydrogen-bond acceptors (Lipinski definition) is 4. The molecule has 24 heavy (non-hydrogen) atoms. The summed E-state index contributed by atoms with van der Waals surface area (Å²) in [4.78, 5) is 2.20. The number of hydrogen-bond donors (Lipinski definition) is 3. The zero-order valence-corrected chi connectivity index (χ0v) is 13.8. The Balaban J connectivity index is 2.01. The molecule has 0 saturated carbocycles. The van der Waals surface area contributed by atoms with E-state index >= 15 is 0 Å². The lowest BCUT2D eigenvalue weighted by molar-refractivity contribution is 1.24. The monoisotopic (exact) mass is 316 g/mol. The summed E-state index contributed by atoms with van der Waals surface area (Å²) in [5.74, 6) is 0. The SMILES string of the molecule is Cc1cc2c(cc1N)N(c1ccccc1)c1cc(N)c(C)cc1N2. The van der Waals surface area contributed by atoms with Crippen molar-refractivity contribution in [3.63, 3.8) is 0 Å². The van der Waals surface area contributed by atoms with E-state index in [-0.39, 0.29) is 0 Å². The van der Waals surface area contributed by atoms with Crippen LogP contribution in [0.4, 0.5) is 39.8 Å². The average Bonchev–Trinajstić information content (AvgIpc) is 2.57. The number of nitrogens with zero attached hydrogens (tertiary/aromatic N) is 1. The minimum absolute atomic E-state index is 0.778. The Kier molecular flexibility index (Phi) is 3.13. The normalized spacial score (nSPS) is 12.3. The lowest BCUT2D eigenvalue weighted by Crippen LogP contribution is -2.18. The average molecular weight is 316 g/mol. The molecule has 0 aliphatic carbocycles. The number of benzene rings is 3. The zero-order valence-electron chi connectivity index (χ0n) is 13.8. The fourth-order valence-corrected chi connectivity index (χ4v) is 3.13. The molecule has 3 aromatic carbocycles. The van der Waals surface area contributed by atoms with Crippen LogP contribution in [-0.2, 0) is 0 Å². The van der Waals surface area contributed by atoms with E-state index < -0.39 is 0 Å². The van der Waals surface area contributed by atoms with Gasteiger partial charge in [0.25, 0.3) is 0 Å². The van der Waals surface area contributed by atoms with Crippen LogP contribution in [0.5, 0.6) is 0 Å². The highest BCUT2D eigenvalue weighted by atomic mass is 15.2. The van der Waals surface area contributed by atoms with Crippen molar-refractivity contribution in [3.05, 3.63) is 65.7 Å². The summed E-state index contributed by atoms with van der Waals surface area (Å²) in [6, 6.07) is 18.5. The van der Waals surface area contributed by atoms with Gasteiger partial charge in [-0.05, 0) is 61.4 Å². The Hall–Kier alpha value is -3.14. The molecule has 120 valence electrons. The maximum atomic E-state index is 6.18. The van der Waals surface area contributed by atoms with Crippen LogP contribution in [-0.4, -0.2) is 0 Å². The van der Waals surface area contributed by atoms with Crippen LogP contribution in [0.3, 0.4) is 0 Å². The molecule has 1 aliphatic rings. The maximum Gasteiger partial charge on any atom is 0.0718 e. The van der Waals surface area contributed by atoms with Crippen molar-refractivity contribution in [2.45, 2.75) is 13.8 Å². The fraction of sp³-hybridized carbons (Fsp3) is 0.100. The van der Waals surface area contributed by atoms with Gasteiger partial charge in [-0.2, -0.15) is 0 Å². The Morgan fingerprint density at radius 1 is 0.750 bits per heavy atom. The van der Waals surface area contributed by atoms with Crippen molar-refractivity contribution in [2.24, 2.45) is 0 Å². The van der Waals surface area contributed by atoms with Crippen molar-refractivity contribution >= 4 is 39.8 Å². The molecule has 0 atom stereocenters. The molecule has 0 unspecified atom stereocenters. The van der Waals surface area contributed by atoms with Crippen LogP contribution in [0.15, 0.2) is 54.6 Å². The molecule has 0 spiro atoms. The summed E-state index contributed by atoms with van der Waals surface area (Å²) in [5.41, 5.74) is 21.3. The Morgan fingerprint density at radius 2 is 1.25 bits per heavy atom. The molecule has 1 heterocycles. The summed E-state index contributed by atoms with van der Waals surface area (Å²) >= 11 is 0. The summed E-state index contributed by atoms with van der Waals surface area (Å²) in [6.45, 7) is 4.04. The largest absolute Gasteiger partial charge is 0.398 e. The van der Waals surface area contributed by atoms with Gasteiger partial charge in [0, 0.05) is 17.1 Å². The first-order valence-corrected chi connectivity index (χ1v) is 7.97. The molecule has 0 fully saturated rings. The van der Waals surface area contributed by atoms with Gasteiger partial charge in [0.1, 0.15) is 0 Å². The van der Waals surface area contributed by atoms with E-state index in [1.165, 1.54) is 0 Å². The number of aryl methyl sites for hydroxylation is 2. The smallest absolute Gasteiger partial charge is 0.0718 e. The molecule has 0 aromatic heterocycles. The lowest BCUT2D eigenvalue weighted by Gasteiger charge is -2.35. The molecule has 4 heteroatoms. The first-order chi connectivity index (χ1) is 11.5. The lowest BCUT2D eigenvalue weighted by atomic mass is 10.0. The van der Waals surface area contributed by atoms with E-state index in [2.05, 4.69) is 34.5 Å². The van der Waals surface area contributed by atoms with Gasteiger partial charge in [-0.1, -0.05) is 18.2 Å². The number of nitrogens with two attached hydrogens (primary N) is 2. The summed E-state index contributed by atoms with van der Waals surface area (Å²) in [5, 5.41) is 3.52. The second-order valence-electron chi connectivity index (χ2n) is 6.25. The topological polar surface area (TPSA) is 67.3 Å². The maximum absolute atomic E-state index is 6.18. The van der Waals surface area contributed by atoms with Crippen LogP contribution in [0.1, 0.15) is 11.1 Å². The van der Waals surface area contributed by atoms with Crippen LogP contribution >= 0.6 is 0 Å². The standard InChI is InChI=1S/C20H20N4/c1-12-8-17-19(10-15(12)21)24(14-6-4-3-5-7-14)20-11-16(22)13(2)9-18(20)23-17/h3-11,23H,21-22H2,1-2H3. The second-order valence-corrected chi connectivity index (χ2v) is 6.25. The molecular formula is C20H20N4. The van der Waals surface area contributed by atoms with Crippen molar-refractivity contribution in [1.82, 2.24) is 0 Å². The van der Waals surface area contributed by atoms with E-state index in [0.717, 1.165) is 50.9 Å². The third kappa shape index (κ3) is 2.15. The molecule has 0 amide bonds. The Labute approximate surface area is 141 Å². The zero-order chi connectivity index (χ0) is 16.8. The summed E-state index contributed by atoms with van der Waals surface area (Å²) in [6.07, 6.45) is 0. The number of nitrogens with one attached hydrogen (secondary N) is 1. The number of fused-ring (bicyclic) bond motifs is 2. The van der Waals surface area contributed by atoms with Gasteiger partial charge < -0.3 is 21.7 Å². The van der Waals surface area contributed by atoms with Crippen LogP contribution < -0.4 is 21.7 Å². The van der Waals surface area contributed by atoms with Crippen molar-refractivity contribution in [1.29, 1.82) is 0 Å².